The summed E-state index contributed by atoms with van der Waals surface area (Å²) in [6, 6.07) is 36.7. The van der Waals surface area contributed by atoms with Crippen LogP contribution in [0.1, 0.15) is 11.1 Å². The summed E-state index contributed by atoms with van der Waals surface area (Å²) in [4.78, 5) is 0.248. The van der Waals surface area contributed by atoms with E-state index in [9.17, 15) is 8.42 Å². The molecule has 178 valence electrons. The molecule has 4 aromatic rings. The van der Waals surface area contributed by atoms with Crippen molar-refractivity contribution in [3.8, 4) is 0 Å². The standard InChI is InChI=1S/C28H26NO2PS3/c1-23-18-20-27(21-19-23)35(30,31)29(2)28(22-24-12-6-3-7-13-24)34-32(33,25-14-8-4-9-15-25)26-16-10-5-11-17-26/h3-22H,1-2H3/b28-22+. The predicted octanol–water partition coefficient (Wildman–Crippen LogP) is 6.39. The van der Waals surface area contributed by atoms with Crippen LogP contribution in [0.3, 0.4) is 0 Å². The van der Waals surface area contributed by atoms with E-state index in [1.54, 1.807) is 19.2 Å². The van der Waals surface area contributed by atoms with Crippen LogP contribution < -0.4 is 10.6 Å². The summed E-state index contributed by atoms with van der Waals surface area (Å²) in [7, 11) is -2.19. The topological polar surface area (TPSA) is 37.4 Å². The second-order valence-corrected chi connectivity index (χ2v) is 17.2. The Morgan fingerprint density at radius 3 is 1.71 bits per heavy atom. The molecule has 0 heterocycles. The van der Waals surface area contributed by atoms with Gasteiger partial charge in [-0.2, -0.15) is 0 Å². The number of sulfonamides is 1. The average Bonchev–Trinajstić information content (AvgIpc) is 2.89. The SMILES string of the molecule is Cc1ccc(S(=O)(=O)N(C)/C(=C\c2ccccc2)SP(=S)(c2ccccc2)c2ccccc2)cc1. The molecule has 0 aliphatic carbocycles. The molecule has 0 atom stereocenters. The van der Waals surface area contributed by atoms with Crippen molar-refractivity contribution in [2.75, 3.05) is 7.05 Å². The lowest BCUT2D eigenvalue weighted by Gasteiger charge is -2.29. The third-order valence-electron chi connectivity index (χ3n) is 5.49. The molecule has 0 saturated heterocycles. The van der Waals surface area contributed by atoms with Gasteiger partial charge < -0.3 is 0 Å². The maximum Gasteiger partial charge on any atom is 0.264 e. The van der Waals surface area contributed by atoms with E-state index < -0.39 is 15.3 Å². The maximum atomic E-state index is 13.7. The molecule has 0 fully saturated rings. The first-order valence-electron chi connectivity index (χ1n) is 11.0. The van der Waals surface area contributed by atoms with Crippen LogP contribution >= 0.6 is 16.6 Å². The smallest absolute Gasteiger partial charge is 0.263 e. The second kappa shape index (κ2) is 11.0. The minimum absolute atomic E-state index is 0.248. The molecule has 4 aromatic carbocycles. The number of nitrogens with zero attached hydrogens (tertiary/aromatic N) is 1. The average molecular weight is 536 g/mol. The molecule has 4 rings (SSSR count). The van der Waals surface area contributed by atoms with Crippen molar-refractivity contribution in [2.45, 2.75) is 11.8 Å². The van der Waals surface area contributed by atoms with Gasteiger partial charge in [0, 0.05) is 7.05 Å². The minimum atomic E-state index is -3.80. The second-order valence-electron chi connectivity index (χ2n) is 7.99. The van der Waals surface area contributed by atoms with E-state index in [1.165, 1.54) is 15.7 Å². The first-order valence-corrected chi connectivity index (χ1v) is 16.7. The molecule has 0 aliphatic rings. The highest BCUT2D eigenvalue weighted by atomic mass is 32.9. The fourth-order valence-electron chi connectivity index (χ4n) is 3.49. The number of hydrogen-bond acceptors (Lipinski definition) is 4. The van der Waals surface area contributed by atoms with E-state index in [-0.39, 0.29) is 4.90 Å². The van der Waals surface area contributed by atoms with E-state index in [0.29, 0.717) is 5.03 Å². The highest BCUT2D eigenvalue weighted by Crippen LogP contribution is 2.61. The Balaban J connectivity index is 1.86. The first-order chi connectivity index (χ1) is 16.8. The van der Waals surface area contributed by atoms with Crippen LogP contribution in [0.2, 0.25) is 0 Å². The summed E-state index contributed by atoms with van der Waals surface area (Å²) in [5, 5.41) is 0.152. The quantitative estimate of drug-likeness (QED) is 0.245. The maximum absolute atomic E-state index is 13.7. The van der Waals surface area contributed by atoms with Gasteiger partial charge in [-0.3, -0.25) is 4.31 Å². The van der Waals surface area contributed by atoms with Crippen molar-refractivity contribution in [1.29, 1.82) is 0 Å². The number of aryl methyl sites for hydroxylation is 1. The Bertz CT molecular complexity index is 1410. The Hall–Kier alpha value is -2.63. The van der Waals surface area contributed by atoms with Crippen molar-refractivity contribution in [3.63, 3.8) is 0 Å². The highest BCUT2D eigenvalue weighted by molar-refractivity contribution is 8.76. The van der Waals surface area contributed by atoms with E-state index >= 15 is 0 Å². The predicted molar refractivity (Wildman–Crippen MR) is 155 cm³/mol. The van der Waals surface area contributed by atoms with Crippen LogP contribution in [0.5, 0.6) is 0 Å². The van der Waals surface area contributed by atoms with Crippen LogP contribution in [0.15, 0.2) is 125 Å². The molecule has 35 heavy (non-hydrogen) atoms. The highest BCUT2D eigenvalue weighted by Gasteiger charge is 2.30. The molecule has 0 bridgehead atoms. The minimum Gasteiger partial charge on any atom is -0.263 e. The van der Waals surface area contributed by atoms with Crippen LogP contribution in [0, 0.1) is 6.92 Å². The van der Waals surface area contributed by atoms with Gasteiger partial charge >= 0.3 is 0 Å². The van der Waals surface area contributed by atoms with Gasteiger partial charge in [0.1, 0.15) is 0 Å². The zero-order chi connectivity index (χ0) is 24.9. The summed E-state index contributed by atoms with van der Waals surface area (Å²) in [6.45, 7) is 1.94. The van der Waals surface area contributed by atoms with Crippen molar-refractivity contribution in [2.24, 2.45) is 0 Å². The first kappa shape index (κ1) is 25.5. The van der Waals surface area contributed by atoms with Gasteiger partial charge in [-0.05, 0) is 41.3 Å². The summed E-state index contributed by atoms with van der Waals surface area (Å²) in [6.07, 6.45) is 1.91. The third-order valence-corrected chi connectivity index (χ3v) is 14.7. The summed E-state index contributed by atoms with van der Waals surface area (Å²) in [5.41, 5.74) is 1.91. The lowest BCUT2D eigenvalue weighted by Crippen LogP contribution is -2.26. The Morgan fingerprint density at radius 1 is 0.771 bits per heavy atom. The van der Waals surface area contributed by atoms with Crippen LogP contribution in [-0.4, -0.2) is 19.8 Å². The largest absolute Gasteiger partial charge is 0.264 e. The Morgan fingerprint density at radius 2 is 1.23 bits per heavy atom. The Kier molecular flexibility index (Phi) is 7.98. The fraction of sp³-hybridized carbons (Fsp3) is 0.0714. The normalized spacial score (nSPS) is 12.3. The van der Waals surface area contributed by atoms with E-state index in [0.717, 1.165) is 21.7 Å². The van der Waals surface area contributed by atoms with Gasteiger partial charge in [-0.15, -0.1) is 0 Å². The van der Waals surface area contributed by atoms with Gasteiger partial charge in [0.15, 0.2) is 0 Å². The summed E-state index contributed by atoms with van der Waals surface area (Å²) in [5.74, 6) is 0. The van der Waals surface area contributed by atoms with Crippen molar-refractivity contribution < 1.29 is 8.42 Å². The molecule has 0 spiro atoms. The monoisotopic (exact) mass is 535 g/mol. The summed E-state index contributed by atoms with van der Waals surface area (Å²) >= 11 is 7.87. The lowest BCUT2D eigenvalue weighted by atomic mass is 10.2. The Labute approximate surface area is 217 Å². The molecule has 0 aliphatic heterocycles. The number of hydrogen-bond donors (Lipinski definition) is 0. The van der Waals surface area contributed by atoms with E-state index in [4.69, 9.17) is 11.8 Å². The molecular weight excluding hydrogens is 509 g/mol. The van der Waals surface area contributed by atoms with Crippen LogP contribution in [0.25, 0.3) is 6.08 Å². The molecule has 3 nitrogen and oxygen atoms in total. The van der Waals surface area contributed by atoms with Gasteiger partial charge in [-0.25, -0.2) is 8.42 Å². The molecule has 0 amide bonds. The molecule has 0 radical (unpaired) electrons. The molecular formula is C28H26NO2PS3. The van der Waals surface area contributed by atoms with Crippen LogP contribution in [-0.2, 0) is 21.8 Å². The van der Waals surface area contributed by atoms with Gasteiger partial charge in [0.2, 0.25) is 0 Å². The van der Waals surface area contributed by atoms with Gasteiger partial charge in [0.05, 0.1) is 15.2 Å². The van der Waals surface area contributed by atoms with Crippen molar-refractivity contribution >= 4 is 55.1 Å². The molecule has 0 aromatic heterocycles. The zero-order valence-electron chi connectivity index (χ0n) is 19.5. The van der Waals surface area contributed by atoms with Gasteiger partial charge in [-0.1, -0.05) is 132 Å². The van der Waals surface area contributed by atoms with E-state index in [2.05, 4.69) is 0 Å². The van der Waals surface area contributed by atoms with Crippen LogP contribution in [0.4, 0.5) is 0 Å². The lowest BCUT2D eigenvalue weighted by molar-refractivity contribution is 0.536. The van der Waals surface area contributed by atoms with Gasteiger partial charge in [0.25, 0.3) is 10.0 Å². The molecule has 0 unspecified atom stereocenters. The summed E-state index contributed by atoms with van der Waals surface area (Å²) < 4.78 is 28.7. The zero-order valence-corrected chi connectivity index (χ0v) is 22.8. The molecule has 7 heteroatoms. The molecule has 0 N–H and O–H groups in total. The van der Waals surface area contributed by atoms with Crippen molar-refractivity contribution in [3.05, 3.63) is 131 Å². The number of rotatable bonds is 8. The number of benzene rings is 4. The molecule has 0 saturated carbocycles. The third kappa shape index (κ3) is 5.79. The van der Waals surface area contributed by atoms with E-state index in [1.807, 2.05) is 116 Å². The van der Waals surface area contributed by atoms with Crippen molar-refractivity contribution in [1.82, 2.24) is 4.31 Å². The fourth-order valence-corrected chi connectivity index (χ4v) is 11.4.